The number of nitrogens with one attached hydrogen (secondary N) is 1. The minimum Gasteiger partial charge on any atom is -0.316 e. The van der Waals surface area contributed by atoms with E-state index < -0.39 is 0 Å². The van der Waals surface area contributed by atoms with E-state index >= 15 is 0 Å². The lowest BCUT2D eigenvalue weighted by atomic mass is 9.90. The van der Waals surface area contributed by atoms with Gasteiger partial charge in [-0.15, -0.1) is 0 Å². The van der Waals surface area contributed by atoms with Crippen LogP contribution in [-0.4, -0.2) is 37.6 Å². The Kier molecular flexibility index (Phi) is 2.66. The molecule has 0 bridgehead atoms. The van der Waals surface area contributed by atoms with E-state index in [9.17, 15) is 0 Å². The van der Waals surface area contributed by atoms with E-state index in [-0.39, 0.29) is 0 Å². The summed E-state index contributed by atoms with van der Waals surface area (Å²) >= 11 is 0. The van der Waals surface area contributed by atoms with Gasteiger partial charge in [0.15, 0.2) is 0 Å². The Bertz CT molecular complexity index is 141. The zero-order chi connectivity index (χ0) is 8.39. The standard InChI is InChI=1S/C10H20N2/c1-12-7-3-5-10(12)9-4-2-6-11-8-9/h9-11H,2-8H2,1H3/t9?,10-/m0/s1. The van der Waals surface area contributed by atoms with Crippen molar-refractivity contribution in [1.82, 2.24) is 10.2 Å². The molecule has 0 aromatic rings. The van der Waals surface area contributed by atoms with Gasteiger partial charge in [0.1, 0.15) is 0 Å². The van der Waals surface area contributed by atoms with Gasteiger partial charge in [-0.3, -0.25) is 0 Å². The number of rotatable bonds is 1. The van der Waals surface area contributed by atoms with E-state index in [1.165, 1.54) is 45.3 Å². The van der Waals surface area contributed by atoms with Crippen LogP contribution in [-0.2, 0) is 0 Å². The molecule has 0 amide bonds. The molecule has 2 aliphatic rings. The average molecular weight is 168 g/mol. The highest BCUT2D eigenvalue weighted by atomic mass is 15.2. The summed E-state index contributed by atoms with van der Waals surface area (Å²) in [4.78, 5) is 2.55. The Labute approximate surface area is 75.3 Å². The molecule has 0 saturated carbocycles. The SMILES string of the molecule is CN1CCC[C@H]1C1CCCNC1. The fourth-order valence-electron chi connectivity index (χ4n) is 2.74. The van der Waals surface area contributed by atoms with Crippen LogP contribution in [0, 0.1) is 5.92 Å². The highest BCUT2D eigenvalue weighted by molar-refractivity contribution is 4.86. The minimum absolute atomic E-state index is 0.887. The lowest BCUT2D eigenvalue weighted by molar-refractivity contribution is 0.195. The molecule has 2 saturated heterocycles. The molecule has 2 fully saturated rings. The van der Waals surface area contributed by atoms with Gasteiger partial charge in [-0.1, -0.05) is 0 Å². The number of likely N-dealkylation sites (tertiary alicyclic amines) is 1. The Balaban J connectivity index is 1.89. The molecule has 0 spiro atoms. The van der Waals surface area contributed by atoms with E-state index in [0.29, 0.717) is 0 Å². The van der Waals surface area contributed by atoms with E-state index in [0.717, 1.165) is 12.0 Å². The Morgan fingerprint density at radius 1 is 1.25 bits per heavy atom. The number of hydrogen-bond donors (Lipinski definition) is 1. The van der Waals surface area contributed by atoms with Crippen LogP contribution < -0.4 is 5.32 Å². The molecule has 2 aliphatic heterocycles. The van der Waals surface area contributed by atoms with Crippen LogP contribution in [0.15, 0.2) is 0 Å². The predicted octanol–water partition coefficient (Wildman–Crippen LogP) is 1.08. The lowest BCUT2D eigenvalue weighted by Gasteiger charge is -2.32. The van der Waals surface area contributed by atoms with Crippen molar-refractivity contribution in [3.8, 4) is 0 Å². The van der Waals surface area contributed by atoms with E-state index in [2.05, 4.69) is 17.3 Å². The van der Waals surface area contributed by atoms with Gasteiger partial charge in [0.25, 0.3) is 0 Å². The fraction of sp³-hybridized carbons (Fsp3) is 1.00. The maximum absolute atomic E-state index is 3.51. The fourth-order valence-corrected chi connectivity index (χ4v) is 2.74. The minimum atomic E-state index is 0.887. The van der Waals surface area contributed by atoms with Crippen LogP contribution in [0.2, 0.25) is 0 Å². The lowest BCUT2D eigenvalue weighted by Crippen LogP contribution is -2.41. The summed E-state index contributed by atoms with van der Waals surface area (Å²) in [5.74, 6) is 0.936. The van der Waals surface area contributed by atoms with Gasteiger partial charge in [0, 0.05) is 6.04 Å². The zero-order valence-corrected chi connectivity index (χ0v) is 8.05. The first kappa shape index (κ1) is 8.52. The normalized spacial score (nSPS) is 38.8. The molecule has 0 aliphatic carbocycles. The summed E-state index contributed by atoms with van der Waals surface area (Å²) in [7, 11) is 2.28. The average Bonchev–Trinajstić information content (AvgIpc) is 2.53. The smallest absolute Gasteiger partial charge is 0.0133 e. The van der Waals surface area contributed by atoms with E-state index in [4.69, 9.17) is 0 Å². The zero-order valence-electron chi connectivity index (χ0n) is 8.05. The van der Waals surface area contributed by atoms with Crippen molar-refractivity contribution in [1.29, 1.82) is 0 Å². The number of nitrogens with zero attached hydrogens (tertiary/aromatic N) is 1. The van der Waals surface area contributed by atoms with Crippen LogP contribution in [0.5, 0.6) is 0 Å². The summed E-state index contributed by atoms with van der Waals surface area (Å²) in [6.07, 6.45) is 5.68. The second-order valence-electron chi connectivity index (χ2n) is 4.30. The third-order valence-corrected chi connectivity index (χ3v) is 3.46. The molecule has 2 rings (SSSR count). The Hall–Kier alpha value is -0.0800. The van der Waals surface area contributed by atoms with Gasteiger partial charge in [0.2, 0.25) is 0 Å². The summed E-state index contributed by atoms with van der Waals surface area (Å²) in [6, 6.07) is 0.887. The molecule has 2 atom stereocenters. The van der Waals surface area contributed by atoms with Crippen molar-refractivity contribution in [2.75, 3.05) is 26.7 Å². The van der Waals surface area contributed by atoms with Crippen molar-refractivity contribution >= 4 is 0 Å². The largest absolute Gasteiger partial charge is 0.316 e. The highest BCUT2D eigenvalue weighted by Gasteiger charge is 2.29. The molecular formula is C10H20N2. The molecule has 0 aromatic carbocycles. The molecule has 2 heterocycles. The van der Waals surface area contributed by atoms with Crippen LogP contribution >= 0.6 is 0 Å². The van der Waals surface area contributed by atoms with Crippen molar-refractivity contribution in [2.45, 2.75) is 31.7 Å². The van der Waals surface area contributed by atoms with Crippen molar-refractivity contribution in [2.24, 2.45) is 5.92 Å². The molecule has 1 N–H and O–H groups in total. The Morgan fingerprint density at radius 2 is 2.17 bits per heavy atom. The summed E-state index contributed by atoms with van der Waals surface area (Å²) < 4.78 is 0. The van der Waals surface area contributed by atoms with E-state index in [1.54, 1.807) is 0 Å². The van der Waals surface area contributed by atoms with E-state index in [1.807, 2.05) is 0 Å². The first-order valence-corrected chi connectivity index (χ1v) is 5.29. The molecule has 12 heavy (non-hydrogen) atoms. The molecule has 70 valence electrons. The van der Waals surface area contributed by atoms with Crippen LogP contribution in [0.25, 0.3) is 0 Å². The maximum Gasteiger partial charge on any atom is 0.0133 e. The van der Waals surface area contributed by atoms with Crippen LogP contribution in [0.1, 0.15) is 25.7 Å². The van der Waals surface area contributed by atoms with Crippen LogP contribution in [0.4, 0.5) is 0 Å². The van der Waals surface area contributed by atoms with Crippen molar-refractivity contribution in [3.05, 3.63) is 0 Å². The quantitative estimate of drug-likeness (QED) is 0.630. The number of piperidine rings is 1. The summed E-state index contributed by atoms with van der Waals surface area (Å²) in [5.41, 5.74) is 0. The van der Waals surface area contributed by atoms with Crippen LogP contribution in [0.3, 0.4) is 0 Å². The van der Waals surface area contributed by atoms with Gasteiger partial charge < -0.3 is 10.2 Å². The second kappa shape index (κ2) is 3.75. The molecule has 1 unspecified atom stereocenters. The monoisotopic (exact) mass is 168 g/mol. The molecule has 0 radical (unpaired) electrons. The van der Waals surface area contributed by atoms with Crippen molar-refractivity contribution in [3.63, 3.8) is 0 Å². The first-order valence-electron chi connectivity index (χ1n) is 5.29. The van der Waals surface area contributed by atoms with Gasteiger partial charge in [0.05, 0.1) is 0 Å². The third-order valence-electron chi connectivity index (χ3n) is 3.46. The Morgan fingerprint density at radius 3 is 2.75 bits per heavy atom. The highest BCUT2D eigenvalue weighted by Crippen LogP contribution is 2.26. The third kappa shape index (κ3) is 1.64. The van der Waals surface area contributed by atoms with Gasteiger partial charge >= 0.3 is 0 Å². The van der Waals surface area contributed by atoms with Gasteiger partial charge in [-0.25, -0.2) is 0 Å². The molecule has 2 heteroatoms. The van der Waals surface area contributed by atoms with Crippen molar-refractivity contribution < 1.29 is 0 Å². The molecule has 0 aromatic heterocycles. The predicted molar refractivity (Wildman–Crippen MR) is 51.2 cm³/mol. The maximum atomic E-state index is 3.51. The second-order valence-corrected chi connectivity index (χ2v) is 4.30. The first-order chi connectivity index (χ1) is 5.88. The molecular weight excluding hydrogens is 148 g/mol. The number of hydrogen-bond acceptors (Lipinski definition) is 2. The van der Waals surface area contributed by atoms with Gasteiger partial charge in [-0.05, 0) is 58.3 Å². The summed E-state index contributed by atoms with van der Waals surface area (Å²) in [6.45, 7) is 3.82. The topological polar surface area (TPSA) is 15.3 Å². The summed E-state index contributed by atoms with van der Waals surface area (Å²) in [5, 5.41) is 3.51. The molecule has 2 nitrogen and oxygen atoms in total. The van der Waals surface area contributed by atoms with Gasteiger partial charge in [-0.2, -0.15) is 0 Å².